The van der Waals surface area contributed by atoms with Gasteiger partial charge in [-0.15, -0.1) is 0 Å². The molecule has 1 aromatic rings. The summed E-state index contributed by atoms with van der Waals surface area (Å²) in [5.74, 6) is -0.194. The lowest BCUT2D eigenvalue weighted by molar-refractivity contribution is 0.0748. The Balaban J connectivity index is 1.67. The number of rotatable bonds is 3. The van der Waals surface area contributed by atoms with Crippen molar-refractivity contribution in [1.82, 2.24) is 15.2 Å². The number of hydrogen-bond acceptors (Lipinski definition) is 5. The second-order valence-electron chi connectivity index (χ2n) is 8.24. The van der Waals surface area contributed by atoms with E-state index in [1.165, 1.54) is 4.90 Å². The minimum atomic E-state index is -0.879. The lowest BCUT2D eigenvalue weighted by atomic mass is 9.84. The van der Waals surface area contributed by atoms with Crippen LogP contribution in [0.25, 0.3) is 0 Å². The molecule has 2 aliphatic heterocycles. The molecular weight excluding hydrogens is 348 g/mol. The minimum Gasteiger partial charge on any atom is -0.465 e. The van der Waals surface area contributed by atoms with Crippen LogP contribution < -0.4 is 10.2 Å². The molecule has 0 spiro atoms. The number of nitrogens with zero attached hydrogens (tertiary/aromatic N) is 3. The van der Waals surface area contributed by atoms with Crippen molar-refractivity contribution in [3.8, 4) is 0 Å². The Hall–Kier alpha value is -2.35. The van der Waals surface area contributed by atoms with Crippen molar-refractivity contribution in [1.29, 1.82) is 0 Å². The van der Waals surface area contributed by atoms with E-state index < -0.39 is 6.09 Å². The summed E-state index contributed by atoms with van der Waals surface area (Å²) in [6, 6.07) is 3.53. The summed E-state index contributed by atoms with van der Waals surface area (Å²) in [4.78, 5) is 31.8. The summed E-state index contributed by atoms with van der Waals surface area (Å²) in [5, 5.41) is 12.4. The quantitative estimate of drug-likeness (QED) is 0.836. The number of nitrogens with one attached hydrogen (secondary N) is 1. The largest absolute Gasteiger partial charge is 0.465 e. The molecule has 1 aromatic heterocycles. The van der Waals surface area contributed by atoms with E-state index >= 15 is 0 Å². The average Bonchev–Trinajstić information content (AvgIpc) is 3.13. The first-order valence-corrected chi connectivity index (χ1v) is 9.35. The van der Waals surface area contributed by atoms with Gasteiger partial charge in [0.1, 0.15) is 5.69 Å². The highest BCUT2D eigenvalue weighted by atomic mass is 16.5. The normalized spacial score (nSPS) is 23.4. The number of anilines is 1. The molecule has 0 bridgehead atoms. The van der Waals surface area contributed by atoms with E-state index in [1.807, 2.05) is 6.07 Å². The molecular formula is C19H28N4O4. The molecule has 2 saturated heterocycles. The van der Waals surface area contributed by atoms with Crippen molar-refractivity contribution in [3.05, 3.63) is 24.0 Å². The second kappa shape index (κ2) is 7.72. The van der Waals surface area contributed by atoms with E-state index in [2.05, 4.69) is 36.0 Å². The van der Waals surface area contributed by atoms with Crippen LogP contribution >= 0.6 is 0 Å². The molecule has 8 nitrogen and oxygen atoms in total. The zero-order valence-corrected chi connectivity index (χ0v) is 16.1. The molecule has 2 atom stereocenters. The number of carbonyl (C=O) groups is 2. The molecule has 2 aliphatic rings. The van der Waals surface area contributed by atoms with Gasteiger partial charge in [0.15, 0.2) is 0 Å². The highest BCUT2D eigenvalue weighted by Gasteiger charge is 2.38. The predicted octanol–water partition coefficient (Wildman–Crippen LogP) is 1.81. The van der Waals surface area contributed by atoms with E-state index in [4.69, 9.17) is 4.74 Å². The number of ether oxygens (including phenoxy) is 1. The lowest BCUT2D eigenvalue weighted by Crippen LogP contribution is -2.59. The van der Waals surface area contributed by atoms with Crippen LogP contribution in [0.15, 0.2) is 18.3 Å². The van der Waals surface area contributed by atoms with Crippen LogP contribution in [0.3, 0.4) is 0 Å². The molecule has 0 saturated carbocycles. The van der Waals surface area contributed by atoms with Gasteiger partial charge in [0.05, 0.1) is 30.6 Å². The molecule has 2 fully saturated rings. The van der Waals surface area contributed by atoms with Gasteiger partial charge in [0.2, 0.25) is 0 Å². The Morgan fingerprint density at radius 1 is 1.30 bits per heavy atom. The van der Waals surface area contributed by atoms with Crippen molar-refractivity contribution in [2.24, 2.45) is 5.41 Å². The molecule has 8 heteroatoms. The van der Waals surface area contributed by atoms with Crippen molar-refractivity contribution < 1.29 is 19.4 Å². The number of carboxylic acid groups (broad SMARTS) is 1. The fourth-order valence-corrected chi connectivity index (χ4v) is 3.60. The highest BCUT2D eigenvalue weighted by molar-refractivity contribution is 5.92. The van der Waals surface area contributed by atoms with Crippen LogP contribution in [0.2, 0.25) is 0 Å². The van der Waals surface area contributed by atoms with Crippen LogP contribution in [0, 0.1) is 5.41 Å². The third-order valence-corrected chi connectivity index (χ3v) is 5.24. The molecule has 2 N–H and O–H groups in total. The van der Waals surface area contributed by atoms with Crippen LogP contribution in [-0.2, 0) is 4.74 Å². The van der Waals surface area contributed by atoms with Crippen LogP contribution in [0.1, 0.15) is 37.7 Å². The van der Waals surface area contributed by atoms with Gasteiger partial charge in [0.25, 0.3) is 5.91 Å². The van der Waals surface area contributed by atoms with Crippen LogP contribution in [-0.4, -0.2) is 71.9 Å². The SMILES string of the molecule is CC(C)(C)C1CN(c2ccc(C(=O)NC3CCOC3)nc2)CCN1C(=O)O. The molecule has 0 aliphatic carbocycles. The molecule has 2 amide bonds. The monoisotopic (exact) mass is 376 g/mol. The maximum Gasteiger partial charge on any atom is 0.407 e. The van der Waals surface area contributed by atoms with Gasteiger partial charge in [-0.05, 0) is 24.0 Å². The van der Waals surface area contributed by atoms with Gasteiger partial charge in [0, 0.05) is 26.2 Å². The van der Waals surface area contributed by atoms with Crippen molar-refractivity contribution in [3.63, 3.8) is 0 Å². The summed E-state index contributed by atoms with van der Waals surface area (Å²) in [6.45, 7) is 9.02. The van der Waals surface area contributed by atoms with E-state index in [0.717, 1.165) is 12.1 Å². The van der Waals surface area contributed by atoms with Gasteiger partial charge in [-0.2, -0.15) is 0 Å². The van der Waals surface area contributed by atoms with Gasteiger partial charge in [-0.3, -0.25) is 4.79 Å². The standard InChI is InChI=1S/C19H28N4O4/c1-19(2,3)16-11-22(7-8-23(16)18(25)26)14-4-5-15(20-10-14)17(24)21-13-6-9-27-12-13/h4-5,10,13,16H,6-9,11-12H2,1-3H3,(H,21,24)(H,25,26). The number of pyridine rings is 1. The van der Waals surface area contributed by atoms with Crippen molar-refractivity contribution in [2.75, 3.05) is 37.7 Å². The fourth-order valence-electron chi connectivity index (χ4n) is 3.60. The smallest absolute Gasteiger partial charge is 0.407 e. The summed E-state index contributed by atoms with van der Waals surface area (Å²) in [6.07, 6.45) is 1.64. The first kappa shape index (κ1) is 19.4. The Bertz CT molecular complexity index is 680. The zero-order chi connectivity index (χ0) is 19.6. The first-order chi connectivity index (χ1) is 12.8. The van der Waals surface area contributed by atoms with Crippen LogP contribution in [0.4, 0.5) is 10.5 Å². The van der Waals surface area contributed by atoms with Crippen molar-refractivity contribution in [2.45, 2.75) is 39.3 Å². The summed E-state index contributed by atoms with van der Waals surface area (Å²) in [7, 11) is 0. The van der Waals surface area contributed by atoms with E-state index in [9.17, 15) is 14.7 Å². The Morgan fingerprint density at radius 3 is 2.63 bits per heavy atom. The topological polar surface area (TPSA) is 95.0 Å². The molecule has 148 valence electrons. The Morgan fingerprint density at radius 2 is 2.07 bits per heavy atom. The zero-order valence-electron chi connectivity index (χ0n) is 16.1. The van der Waals surface area contributed by atoms with Gasteiger partial charge >= 0.3 is 6.09 Å². The number of piperazine rings is 1. The maximum absolute atomic E-state index is 12.3. The van der Waals surface area contributed by atoms with Gasteiger partial charge in [-0.1, -0.05) is 20.8 Å². The summed E-state index contributed by atoms with van der Waals surface area (Å²) in [5.41, 5.74) is 1.10. The Kier molecular flexibility index (Phi) is 5.55. The summed E-state index contributed by atoms with van der Waals surface area (Å²) >= 11 is 0. The average molecular weight is 376 g/mol. The Labute approximate surface area is 159 Å². The van der Waals surface area contributed by atoms with Crippen LogP contribution in [0.5, 0.6) is 0 Å². The molecule has 0 radical (unpaired) electrons. The van der Waals surface area contributed by atoms with E-state index in [1.54, 1.807) is 12.3 Å². The maximum atomic E-state index is 12.3. The highest BCUT2D eigenvalue weighted by Crippen LogP contribution is 2.29. The number of hydrogen-bond donors (Lipinski definition) is 2. The predicted molar refractivity (Wildman–Crippen MR) is 101 cm³/mol. The second-order valence-corrected chi connectivity index (χ2v) is 8.24. The molecule has 27 heavy (non-hydrogen) atoms. The molecule has 3 heterocycles. The molecule has 0 aromatic carbocycles. The van der Waals surface area contributed by atoms with E-state index in [-0.39, 0.29) is 23.4 Å². The minimum absolute atomic E-state index is 0.0515. The van der Waals surface area contributed by atoms with Gasteiger partial charge in [-0.25, -0.2) is 9.78 Å². The van der Waals surface area contributed by atoms with Gasteiger partial charge < -0.3 is 25.0 Å². The third-order valence-electron chi connectivity index (χ3n) is 5.24. The first-order valence-electron chi connectivity index (χ1n) is 9.35. The number of aromatic nitrogens is 1. The molecule has 2 unspecified atom stereocenters. The fraction of sp³-hybridized carbons (Fsp3) is 0.632. The third kappa shape index (κ3) is 4.50. The summed E-state index contributed by atoms with van der Waals surface area (Å²) < 4.78 is 5.27. The molecule has 3 rings (SSSR count). The number of amides is 2. The number of carbonyl (C=O) groups excluding carboxylic acids is 1. The van der Waals surface area contributed by atoms with E-state index in [0.29, 0.717) is 38.5 Å². The lowest BCUT2D eigenvalue weighted by Gasteiger charge is -2.46. The van der Waals surface area contributed by atoms with Crippen molar-refractivity contribution >= 4 is 17.7 Å².